The van der Waals surface area contributed by atoms with Gasteiger partial charge in [-0.05, 0) is 25.0 Å². The third kappa shape index (κ3) is 3.81. The lowest BCUT2D eigenvalue weighted by Gasteiger charge is -2.24. The molecule has 0 radical (unpaired) electrons. The van der Waals surface area contributed by atoms with Crippen LogP contribution in [0.3, 0.4) is 0 Å². The summed E-state index contributed by atoms with van der Waals surface area (Å²) in [5.41, 5.74) is 0.219. The molecule has 1 fully saturated rings. The van der Waals surface area contributed by atoms with Gasteiger partial charge in [0.1, 0.15) is 17.8 Å². The van der Waals surface area contributed by atoms with E-state index in [2.05, 4.69) is 4.98 Å². The lowest BCUT2D eigenvalue weighted by molar-refractivity contribution is -0.144. The number of hydrogen-bond acceptors (Lipinski definition) is 6. The number of hydrogen-bond donors (Lipinski definition) is 0. The van der Waals surface area contributed by atoms with E-state index in [4.69, 9.17) is 18.7 Å². The maximum atomic E-state index is 12.2. The van der Waals surface area contributed by atoms with Gasteiger partial charge < -0.3 is 13.9 Å². The fourth-order valence-corrected chi connectivity index (χ4v) is 2.20. The fraction of sp³-hybridized carbons (Fsp3) is 0.375. The third-order valence-electron chi connectivity index (χ3n) is 3.40. The van der Waals surface area contributed by atoms with Gasteiger partial charge in [0.2, 0.25) is 5.89 Å². The van der Waals surface area contributed by atoms with E-state index in [1.165, 1.54) is 11.3 Å². The van der Waals surface area contributed by atoms with E-state index in [0.717, 1.165) is 12.8 Å². The highest BCUT2D eigenvalue weighted by Crippen LogP contribution is 2.20. The van der Waals surface area contributed by atoms with Crippen molar-refractivity contribution in [2.45, 2.75) is 19.4 Å². The first kappa shape index (κ1) is 15.4. The van der Waals surface area contributed by atoms with Crippen LogP contribution in [0.25, 0.3) is 0 Å². The Hall–Kier alpha value is -2.54. The van der Waals surface area contributed by atoms with Gasteiger partial charge in [0.15, 0.2) is 12.3 Å². The number of methoxy groups -OCH3 is 1. The van der Waals surface area contributed by atoms with Crippen LogP contribution in [0.2, 0.25) is 0 Å². The average Bonchev–Trinajstić information content (AvgIpc) is 3.09. The molecular formula is C16H18N2O5. The zero-order valence-corrected chi connectivity index (χ0v) is 12.9. The van der Waals surface area contributed by atoms with Crippen molar-refractivity contribution in [2.75, 3.05) is 20.3 Å². The number of nitrogens with zero attached hydrogens (tertiary/aromatic N) is 2. The maximum absolute atomic E-state index is 12.2. The Labute approximate surface area is 133 Å². The number of carbonyl (C=O) groups is 1. The van der Waals surface area contributed by atoms with Gasteiger partial charge in [-0.1, -0.05) is 6.07 Å². The molecule has 1 aliphatic heterocycles. The molecule has 1 saturated heterocycles. The van der Waals surface area contributed by atoms with Crippen molar-refractivity contribution in [1.29, 1.82) is 0 Å². The highest BCUT2D eigenvalue weighted by atomic mass is 16.7. The van der Waals surface area contributed by atoms with Crippen LogP contribution in [-0.2, 0) is 11.4 Å². The highest BCUT2D eigenvalue weighted by molar-refractivity contribution is 5.91. The number of hydroxylamine groups is 2. The number of aromatic nitrogens is 1. The molecule has 1 amide bonds. The van der Waals surface area contributed by atoms with Gasteiger partial charge in [0, 0.05) is 12.6 Å². The highest BCUT2D eigenvalue weighted by Gasteiger charge is 2.22. The second-order valence-electron chi connectivity index (χ2n) is 5.04. The molecule has 2 aromatic rings. The Morgan fingerprint density at radius 1 is 1.35 bits per heavy atom. The number of oxazole rings is 1. The summed E-state index contributed by atoms with van der Waals surface area (Å²) < 4.78 is 16.0. The lowest BCUT2D eigenvalue weighted by Crippen LogP contribution is -2.35. The molecule has 7 heteroatoms. The van der Waals surface area contributed by atoms with Gasteiger partial charge in [-0.2, -0.15) is 0 Å². The van der Waals surface area contributed by atoms with Gasteiger partial charge in [-0.15, -0.1) is 0 Å². The van der Waals surface area contributed by atoms with Crippen LogP contribution in [0.5, 0.6) is 11.5 Å². The minimum atomic E-state index is -0.291. The zero-order chi connectivity index (χ0) is 16.1. The predicted octanol–water partition coefficient (Wildman–Crippen LogP) is 2.43. The van der Waals surface area contributed by atoms with Crippen LogP contribution < -0.4 is 9.47 Å². The van der Waals surface area contributed by atoms with E-state index in [-0.39, 0.29) is 18.2 Å². The van der Waals surface area contributed by atoms with Gasteiger partial charge in [0.25, 0.3) is 5.91 Å². The summed E-state index contributed by atoms with van der Waals surface area (Å²) in [6.45, 7) is 1.25. The van der Waals surface area contributed by atoms with Crippen LogP contribution in [0.4, 0.5) is 0 Å². The molecule has 1 aliphatic rings. The SMILES string of the molecule is COc1cccc(OCc2nc(C(=O)N3CCCCO3)co2)c1. The summed E-state index contributed by atoms with van der Waals surface area (Å²) in [4.78, 5) is 21.7. The van der Waals surface area contributed by atoms with Crippen LogP contribution in [0.15, 0.2) is 34.9 Å². The Bertz CT molecular complexity index is 664. The topological polar surface area (TPSA) is 74.0 Å². The van der Waals surface area contributed by atoms with E-state index in [1.807, 2.05) is 12.1 Å². The summed E-state index contributed by atoms with van der Waals surface area (Å²) in [7, 11) is 1.59. The van der Waals surface area contributed by atoms with Crippen molar-refractivity contribution in [3.8, 4) is 11.5 Å². The molecular weight excluding hydrogens is 300 g/mol. The second-order valence-corrected chi connectivity index (χ2v) is 5.04. The summed E-state index contributed by atoms with van der Waals surface area (Å²) >= 11 is 0. The van der Waals surface area contributed by atoms with Crippen molar-refractivity contribution in [1.82, 2.24) is 10.0 Å². The molecule has 0 spiro atoms. The molecule has 1 aromatic carbocycles. The third-order valence-corrected chi connectivity index (χ3v) is 3.40. The van der Waals surface area contributed by atoms with E-state index >= 15 is 0 Å². The molecule has 1 aromatic heterocycles. The number of amides is 1. The molecule has 0 unspecified atom stereocenters. The van der Waals surface area contributed by atoms with Crippen LogP contribution in [0.1, 0.15) is 29.2 Å². The molecule has 23 heavy (non-hydrogen) atoms. The normalized spacial score (nSPS) is 14.6. The molecule has 0 saturated carbocycles. The first-order valence-corrected chi connectivity index (χ1v) is 7.42. The van der Waals surface area contributed by atoms with Crippen molar-refractivity contribution in [2.24, 2.45) is 0 Å². The number of benzene rings is 1. The molecule has 0 bridgehead atoms. The van der Waals surface area contributed by atoms with Crippen molar-refractivity contribution in [3.05, 3.63) is 42.1 Å². The summed E-state index contributed by atoms with van der Waals surface area (Å²) in [6, 6.07) is 7.22. The summed E-state index contributed by atoms with van der Waals surface area (Å²) in [6.07, 6.45) is 3.21. The van der Waals surface area contributed by atoms with E-state index in [9.17, 15) is 4.79 Å². The van der Waals surface area contributed by atoms with Crippen LogP contribution in [-0.4, -0.2) is 36.2 Å². The first-order chi connectivity index (χ1) is 11.3. The van der Waals surface area contributed by atoms with Crippen LogP contribution >= 0.6 is 0 Å². The van der Waals surface area contributed by atoms with Crippen molar-refractivity contribution < 1.29 is 23.5 Å². The fourth-order valence-electron chi connectivity index (χ4n) is 2.20. The molecule has 2 heterocycles. The van der Waals surface area contributed by atoms with Crippen LogP contribution in [0, 0.1) is 0 Å². The van der Waals surface area contributed by atoms with Crippen molar-refractivity contribution >= 4 is 5.91 Å². The smallest absolute Gasteiger partial charge is 0.299 e. The Kier molecular flexibility index (Phi) is 4.77. The minimum Gasteiger partial charge on any atom is -0.497 e. The van der Waals surface area contributed by atoms with E-state index in [1.54, 1.807) is 19.2 Å². The molecule has 3 rings (SSSR count). The molecule has 122 valence electrons. The van der Waals surface area contributed by atoms with Gasteiger partial charge >= 0.3 is 0 Å². The first-order valence-electron chi connectivity index (χ1n) is 7.42. The Morgan fingerprint density at radius 3 is 3.00 bits per heavy atom. The quantitative estimate of drug-likeness (QED) is 0.843. The number of rotatable bonds is 5. The monoisotopic (exact) mass is 318 g/mol. The zero-order valence-electron chi connectivity index (χ0n) is 12.9. The summed E-state index contributed by atoms with van der Waals surface area (Å²) in [5, 5.41) is 1.33. The second kappa shape index (κ2) is 7.15. The molecule has 7 nitrogen and oxygen atoms in total. The molecule has 0 atom stereocenters. The average molecular weight is 318 g/mol. The largest absolute Gasteiger partial charge is 0.497 e. The van der Waals surface area contributed by atoms with E-state index < -0.39 is 0 Å². The standard InChI is InChI=1S/C16H18N2O5/c1-20-12-5-4-6-13(9-12)21-11-15-17-14(10-22-15)16(19)18-7-2-3-8-23-18/h4-6,9-10H,2-3,7-8,11H2,1H3. The Balaban J connectivity index is 1.59. The number of ether oxygens (including phenoxy) is 2. The maximum Gasteiger partial charge on any atom is 0.299 e. The molecule has 0 aliphatic carbocycles. The van der Waals surface area contributed by atoms with Gasteiger partial charge in [-0.3, -0.25) is 9.63 Å². The minimum absolute atomic E-state index is 0.126. The van der Waals surface area contributed by atoms with Gasteiger partial charge in [-0.25, -0.2) is 10.0 Å². The predicted molar refractivity (Wildman–Crippen MR) is 80.1 cm³/mol. The Morgan fingerprint density at radius 2 is 2.22 bits per heavy atom. The lowest BCUT2D eigenvalue weighted by atomic mass is 10.3. The number of carbonyl (C=O) groups excluding carboxylic acids is 1. The van der Waals surface area contributed by atoms with Gasteiger partial charge in [0.05, 0.1) is 13.7 Å². The summed E-state index contributed by atoms with van der Waals surface area (Å²) in [5.74, 6) is 1.37. The van der Waals surface area contributed by atoms with Crippen molar-refractivity contribution in [3.63, 3.8) is 0 Å². The van der Waals surface area contributed by atoms with E-state index in [0.29, 0.717) is 30.5 Å². The molecule has 0 N–H and O–H groups in total.